The third-order valence-corrected chi connectivity index (χ3v) is 6.88. The van der Waals surface area contributed by atoms with Crippen LogP contribution in [0.15, 0.2) is 59.5 Å². The Hall–Kier alpha value is -3.73. The van der Waals surface area contributed by atoms with Gasteiger partial charge in [0.05, 0.1) is 12.0 Å². The van der Waals surface area contributed by atoms with Crippen LogP contribution in [0.4, 0.5) is 4.79 Å². The number of methoxy groups -OCH3 is 1. The van der Waals surface area contributed by atoms with Crippen molar-refractivity contribution in [3.63, 3.8) is 0 Å². The van der Waals surface area contributed by atoms with E-state index in [0.29, 0.717) is 15.6 Å². The number of hydrogen-bond donors (Lipinski definition) is 1. The van der Waals surface area contributed by atoms with Crippen molar-refractivity contribution >= 4 is 33.6 Å². The van der Waals surface area contributed by atoms with Crippen molar-refractivity contribution in [3.05, 3.63) is 60.2 Å². The Labute approximate surface area is 223 Å². The summed E-state index contributed by atoms with van der Waals surface area (Å²) in [7, 11) is -3.07. The van der Waals surface area contributed by atoms with E-state index in [2.05, 4.69) is 5.32 Å². The predicted octanol–water partition coefficient (Wildman–Crippen LogP) is 3.14. The van der Waals surface area contributed by atoms with E-state index in [1.165, 1.54) is 31.4 Å². The second kappa shape index (κ2) is 12.7. The second-order valence-corrected chi connectivity index (χ2v) is 11.9. The van der Waals surface area contributed by atoms with Gasteiger partial charge in [0.2, 0.25) is 5.78 Å². The third kappa shape index (κ3) is 8.41. The number of nitrogens with one attached hydrogen (secondary N) is 1. The monoisotopic (exact) mass is 546 g/mol. The van der Waals surface area contributed by atoms with Crippen LogP contribution in [-0.2, 0) is 35.6 Å². The van der Waals surface area contributed by atoms with Gasteiger partial charge >= 0.3 is 12.0 Å². The number of rotatable bonds is 11. The molecule has 0 aliphatic carbocycles. The minimum absolute atomic E-state index is 0.118. The van der Waals surface area contributed by atoms with Crippen LogP contribution >= 0.6 is 0 Å². The molecule has 1 N–H and O–H groups in total. The predicted molar refractivity (Wildman–Crippen MR) is 140 cm³/mol. The van der Waals surface area contributed by atoms with Crippen LogP contribution in [0.5, 0.6) is 5.75 Å². The molecule has 0 aliphatic heterocycles. The average Bonchev–Trinajstić information content (AvgIpc) is 2.85. The van der Waals surface area contributed by atoms with Crippen LogP contribution < -0.4 is 10.1 Å². The number of ether oxygens (including phenoxy) is 2. The van der Waals surface area contributed by atoms with Crippen molar-refractivity contribution in [1.82, 2.24) is 9.62 Å². The molecular weight excluding hydrogens is 512 g/mol. The molecular formula is C27H34N2O8S. The minimum Gasteiger partial charge on any atom is -0.497 e. The number of ketones is 2. The highest BCUT2D eigenvalue weighted by molar-refractivity contribution is 7.89. The number of amides is 2. The number of carbonyl (C=O) groups is 4. The number of benzene rings is 2. The molecule has 206 valence electrons. The molecule has 1 atom stereocenters. The van der Waals surface area contributed by atoms with Crippen LogP contribution in [0.1, 0.15) is 40.2 Å². The van der Waals surface area contributed by atoms with Gasteiger partial charge in [-0.25, -0.2) is 17.5 Å². The van der Waals surface area contributed by atoms with Gasteiger partial charge in [-0.15, -0.1) is 0 Å². The maximum absolute atomic E-state index is 13.3. The smallest absolute Gasteiger partial charge is 0.408 e. The molecule has 2 rings (SSSR count). The molecule has 38 heavy (non-hydrogen) atoms. The van der Waals surface area contributed by atoms with Crippen molar-refractivity contribution in [2.45, 2.75) is 57.6 Å². The molecule has 11 heteroatoms. The standard InChI is InChI=1S/C27H34N2O8S/c1-18(2)17-29(38(34,35)21-14-12-20(36-6)13-15-21)25(32)24(31)23(30)22(16-19-10-8-7-9-11-19)28-26(33)37-27(3,4)5/h7-15,18,22H,16-17H2,1-6H3,(H,28,33)/t22-/m1/s1. The quantitative estimate of drug-likeness (QED) is 0.335. The Morgan fingerprint density at radius 2 is 1.53 bits per heavy atom. The summed E-state index contributed by atoms with van der Waals surface area (Å²) in [4.78, 5) is 51.8. The summed E-state index contributed by atoms with van der Waals surface area (Å²) in [5.41, 5.74) is -0.280. The summed E-state index contributed by atoms with van der Waals surface area (Å²) in [6.45, 7) is 7.88. The normalized spacial score (nSPS) is 12.4. The average molecular weight is 547 g/mol. The van der Waals surface area contributed by atoms with Gasteiger partial charge in [0.25, 0.3) is 15.8 Å². The largest absolute Gasteiger partial charge is 0.497 e. The van der Waals surface area contributed by atoms with Crippen LogP contribution in [0, 0.1) is 5.92 Å². The van der Waals surface area contributed by atoms with Gasteiger partial charge in [-0.05, 0) is 56.5 Å². The Balaban J connectivity index is 2.40. The van der Waals surface area contributed by atoms with Crippen LogP contribution in [0.2, 0.25) is 0 Å². The highest BCUT2D eigenvalue weighted by Gasteiger charge is 2.40. The number of alkyl carbamates (subject to hydrolysis) is 1. The summed E-state index contributed by atoms with van der Waals surface area (Å²) >= 11 is 0. The van der Waals surface area contributed by atoms with Crippen LogP contribution in [0.3, 0.4) is 0 Å². The zero-order valence-corrected chi connectivity index (χ0v) is 23.2. The van der Waals surface area contributed by atoms with E-state index in [4.69, 9.17) is 9.47 Å². The number of hydrogen-bond acceptors (Lipinski definition) is 8. The first kappa shape index (κ1) is 30.5. The van der Waals surface area contributed by atoms with E-state index in [-0.39, 0.29) is 23.8 Å². The van der Waals surface area contributed by atoms with Gasteiger partial charge in [-0.3, -0.25) is 14.4 Å². The minimum atomic E-state index is -4.49. The number of sulfonamides is 1. The highest BCUT2D eigenvalue weighted by Crippen LogP contribution is 2.21. The fraction of sp³-hybridized carbons (Fsp3) is 0.407. The number of carbonyl (C=O) groups excluding carboxylic acids is 4. The first-order chi connectivity index (χ1) is 17.7. The lowest BCUT2D eigenvalue weighted by atomic mass is 9.99. The molecule has 2 aromatic carbocycles. The lowest BCUT2D eigenvalue weighted by molar-refractivity contribution is -0.148. The van der Waals surface area contributed by atoms with Crippen molar-refractivity contribution in [3.8, 4) is 5.75 Å². The molecule has 0 saturated carbocycles. The SMILES string of the molecule is COc1ccc(S(=O)(=O)N(CC(C)C)C(=O)C(=O)C(=O)[C@@H](Cc2ccccc2)NC(=O)OC(C)(C)C)cc1. The fourth-order valence-corrected chi connectivity index (χ4v) is 4.91. The molecule has 10 nitrogen and oxygen atoms in total. The summed E-state index contributed by atoms with van der Waals surface area (Å²) in [6, 6.07) is 12.4. The van der Waals surface area contributed by atoms with E-state index >= 15 is 0 Å². The van der Waals surface area contributed by atoms with Gasteiger partial charge in [-0.2, -0.15) is 0 Å². The fourth-order valence-electron chi connectivity index (χ4n) is 3.38. The van der Waals surface area contributed by atoms with Crippen molar-refractivity contribution in [1.29, 1.82) is 0 Å². The van der Waals surface area contributed by atoms with E-state index in [9.17, 15) is 27.6 Å². The van der Waals surface area contributed by atoms with Crippen LogP contribution in [0.25, 0.3) is 0 Å². The number of nitrogens with zero attached hydrogens (tertiary/aromatic N) is 1. The lowest BCUT2D eigenvalue weighted by Gasteiger charge is -2.25. The maximum atomic E-state index is 13.3. The third-order valence-electron chi connectivity index (χ3n) is 5.11. The molecule has 0 spiro atoms. The van der Waals surface area contributed by atoms with Gasteiger partial charge in [-0.1, -0.05) is 44.2 Å². The first-order valence-corrected chi connectivity index (χ1v) is 13.4. The molecule has 0 bridgehead atoms. The summed E-state index contributed by atoms with van der Waals surface area (Å²) in [5, 5.41) is 2.35. The van der Waals surface area contributed by atoms with Crippen molar-refractivity contribution < 1.29 is 37.1 Å². The van der Waals surface area contributed by atoms with E-state index in [1.807, 2.05) is 0 Å². The van der Waals surface area contributed by atoms with Crippen molar-refractivity contribution in [2.75, 3.05) is 13.7 Å². The Kier molecular flexibility index (Phi) is 10.2. The number of Topliss-reactive ketones (excluding diaryl/α,β-unsaturated/α-hetero) is 2. The molecule has 2 amide bonds. The van der Waals surface area contributed by atoms with Crippen LogP contribution in [-0.4, -0.2) is 61.6 Å². The lowest BCUT2D eigenvalue weighted by Crippen LogP contribution is -2.52. The van der Waals surface area contributed by atoms with E-state index in [1.54, 1.807) is 65.0 Å². The summed E-state index contributed by atoms with van der Waals surface area (Å²) < 4.78 is 37.3. The topological polar surface area (TPSA) is 136 Å². The van der Waals surface area contributed by atoms with Crippen molar-refractivity contribution in [2.24, 2.45) is 5.92 Å². The van der Waals surface area contributed by atoms with Gasteiger partial charge in [0, 0.05) is 13.0 Å². The highest BCUT2D eigenvalue weighted by atomic mass is 32.2. The molecule has 0 aromatic heterocycles. The van der Waals surface area contributed by atoms with E-state index in [0.717, 1.165) is 0 Å². The van der Waals surface area contributed by atoms with Gasteiger partial charge < -0.3 is 14.8 Å². The molecule has 0 radical (unpaired) electrons. The zero-order chi connectivity index (χ0) is 28.7. The maximum Gasteiger partial charge on any atom is 0.408 e. The Morgan fingerprint density at radius 1 is 0.947 bits per heavy atom. The second-order valence-electron chi connectivity index (χ2n) is 9.99. The molecule has 0 heterocycles. The molecule has 0 fully saturated rings. The van der Waals surface area contributed by atoms with E-state index < -0.39 is 45.2 Å². The van der Waals surface area contributed by atoms with Gasteiger partial charge in [0.15, 0.2) is 0 Å². The molecule has 2 aromatic rings. The summed E-state index contributed by atoms with van der Waals surface area (Å²) in [6.07, 6.45) is -1.08. The Morgan fingerprint density at radius 3 is 2.03 bits per heavy atom. The molecule has 0 unspecified atom stereocenters. The molecule has 0 aliphatic rings. The Bertz CT molecular complexity index is 1250. The van der Waals surface area contributed by atoms with Gasteiger partial charge in [0.1, 0.15) is 17.4 Å². The summed E-state index contributed by atoms with van der Waals surface area (Å²) in [5.74, 6) is -4.30. The first-order valence-electron chi connectivity index (χ1n) is 12.0. The molecule has 0 saturated heterocycles. The zero-order valence-electron chi connectivity index (χ0n) is 22.4.